The zero-order valence-electron chi connectivity index (χ0n) is 11.0. The third kappa shape index (κ3) is 3.43. The summed E-state index contributed by atoms with van der Waals surface area (Å²) in [7, 11) is 0. The zero-order chi connectivity index (χ0) is 14.7. The Hall–Kier alpha value is -1.18. The molecule has 0 N–H and O–H groups in total. The second kappa shape index (κ2) is 5.85. The van der Waals surface area contributed by atoms with Crippen molar-refractivity contribution in [1.82, 2.24) is 0 Å². The monoisotopic (exact) mass is 286 g/mol. The van der Waals surface area contributed by atoms with Crippen molar-refractivity contribution in [2.24, 2.45) is 0 Å². The maximum atomic E-state index is 14.2. The normalized spacial score (nSPS) is 23.9. The summed E-state index contributed by atoms with van der Waals surface area (Å²) < 4.78 is 51.3. The van der Waals surface area contributed by atoms with Crippen LogP contribution in [0.4, 0.5) is 17.6 Å². The van der Waals surface area contributed by atoms with Crippen molar-refractivity contribution in [3.63, 3.8) is 0 Å². The average molecular weight is 286 g/mol. The highest BCUT2D eigenvalue weighted by molar-refractivity contribution is 5.75. The number of hydrogen-bond acceptors (Lipinski definition) is 2. The molecule has 1 aliphatic heterocycles. The Balaban J connectivity index is 2.97. The Morgan fingerprint density at radius 3 is 2.47 bits per heavy atom. The number of nitrogens with zero attached hydrogens (tertiary/aromatic N) is 2. The maximum absolute atomic E-state index is 14.2. The molecule has 0 amide bonds. The SMILES string of the molecule is CCC[N+]1=C(F)[N+](CCC)(OC(=O)C(F)(F)F)CC1. The van der Waals surface area contributed by atoms with Gasteiger partial charge in [0.05, 0.1) is 0 Å². The van der Waals surface area contributed by atoms with Crippen LogP contribution in [0.2, 0.25) is 0 Å². The number of halogens is 4. The lowest BCUT2D eigenvalue weighted by atomic mass is 10.4. The molecule has 0 aliphatic carbocycles. The number of hydroxylamine groups is 3. The van der Waals surface area contributed by atoms with E-state index in [0.717, 1.165) is 0 Å². The van der Waals surface area contributed by atoms with E-state index < -0.39 is 22.9 Å². The van der Waals surface area contributed by atoms with Gasteiger partial charge in [-0.25, -0.2) is 4.79 Å². The lowest BCUT2D eigenvalue weighted by molar-refractivity contribution is -1.02. The first-order valence-electron chi connectivity index (χ1n) is 6.22. The van der Waals surface area contributed by atoms with E-state index in [1.54, 1.807) is 6.92 Å². The van der Waals surface area contributed by atoms with Crippen LogP contribution in [0, 0.1) is 0 Å². The summed E-state index contributed by atoms with van der Waals surface area (Å²) in [5, 5.41) is 0. The molecule has 8 heteroatoms. The summed E-state index contributed by atoms with van der Waals surface area (Å²) in [6.45, 7) is 4.15. The highest BCUT2D eigenvalue weighted by atomic mass is 19.4. The van der Waals surface area contributed by atoms with Gasteiger partial charge in [-0.15, -0.1) is 4.58 Å². The molecule has 0 saturated carbocycles. The van der Waals surface area contributed by atoms with Gasteiger partial charge >= 0.3 is 18.2 Å². The molecule has 0 aromatic rings. The van der Waals surface area contributed by atoms with E-state index in [0.29, 0.717) is 19.4 Å². The second-order valence-corrected chi connectivity index (χ2v) is 4.47. The Bertz CT molecular complexity index is 381. The van der Waals surface area contributed by atoms with Gasteiger partial charge in [0.25, 0.3) is 0 Å². The minimum Gasteiger partial charge on any atom is -0.253 e. The van der Waals surface area contributed by atoms with Crippen LogP contribution < -0.4 is 0 Å². The molecule has 1 atom stereocenters. The molecular formula is C11H18F4N2O2+2. The Labute approximate surface area is 108 Å². The zero-order valence-corrected chi connectivity index (χ0v) is 11.0. The highest BCUT2D eigenvalue weighted by Crippen LogP contribution is 2.24. The van der Waals surface area contributed by atoms with Crippen LogP contribution in [-0.2, 0) is 9.63 Å². The molecule has 1 unspecified atom stereocenters. The van der Waals surface area contributed by atoms with E-state index in [9.17, 15) is 22.4 Å². The maximum Gasteiger partial charge on any atom is 0.580 e. The molecule has 1 aliphatic rings. The van der Waals surface area contributed by atoms with Gasteiger partial charge < -0.3 is 0 Å². The van der Waals surface area contributed by atoms with Crippen molar-refractivity contribution >= 4 is 12.1 Å². The third-order valence-electron chi connectivity index (χ3n) is 2.90. The Kier molecular flexibility index (Phi) is 4.89. The molecule has 110 valence electrons. The van der Waals surface area contributed by atoms with Crippen molar-refractivity contribution in [1.29, 1.82) is 0 Å². The highest BCUT2D eigenvalue weighted by Gasteiger charge is 2.57. The predicted molar refractivity (Wildman–Crippen MR) is 58.8 cm³/mol. The van der Waals surface area contributed by atoms with Gasteiger partial charge in [-0.3, -0.25) is 4.84 Å². The van der Waals surface area contributed by atoms with E-state index in [-0.39, 0.29) is 19.6 Å². The molecule has 0 fully saturated rings. The summed E-state index contributed by atoms with van der Waals surface area (Å²) in [6, 6.07) is 0. The van der Waals surface area contributed by atoms with Crippen molar-refractivity contribution in [3.8, 4) is 0 Å². The van der Waals surface area contributed by atoms with Crippen LogP contribution in [0.3, 0.4) is 0 Å². The number of quaternary nitrogens is 1. The molecule has 1 heterocycles. The lowest BCUT2D eigenvalue weighted by Gasteiger charge is -2.23. The summed E-state index contributed by atoms with van der Waals surface area (Å²) in [4.78, 5) is 15.4. The average Bonchev–Trinajstić information content (AvgIpc) is 2.58. The first kappa shape index (κ1) is 15.9. The van der Waals surface area contributed by atoms with E-state index in [4.69, 9.17) is 0 Å². The fourth-order valence-corrected chi connectivity index (χ4v) is 2.10. The lowest BCUT2D eigenvalue weighted by Crippen LogP contribution is -2.53. The molecular weight excluding hydrogens is 268 g/mol. The van der Waals surface area contributed by atoms with Gasteiger partial charge in [0.1, 0.15) is 6.54 Å². The summed E-state index contributed by atoms with van der Waals surface area (Å²) in [5.41, 5.74) is 0. The number of rotatable bonds is 5. The Morgan fingerprint density at radius 2 is 2.00 bits per heavy atom. The van der Waals surface area contributed by atoms with Crippen LogP contribution in [0.5, 0.6) is 0 Å². The Morgan fingerprint density at radius 1 is 1.37 bits per heavy atom. The van der Waals surface area contributed by atoms with E-state index in [1.807, 2.05) is 6.92 Å². The van der Waals surface area contributed by atoms with Gasteiger partial charge in [0.2, 0.25) is 6.54 Å². The standard InChI is InChI=1S/C11H18F4N2O2/c1-3-5-16-6-8-17(7-4-2,10(16)12)19-9(18)11(13,14)15/h3-8H2,1-2H3/q+2. The van der Waals surface area contributed by atoms with E-state index in [1.165, 1.54) is 4.58 Å². The molecule has 0 radical (unpaired) electrons. The molecule has 0 aromatic carbocycles. The minimum atomic E-state index is -5.11. The summed E-state index contributed by atoms with van der Waals surface area (Å²) in [5.74, 6) is -2.35. The van der Waals surface area contributed by atoms with Crippen LogP contribution in [0.15, 0.2) is 0 Å². The second-order valence-electron chi connectivity index (χ2n) is 4.47. The first-order chi connectivity index (χ1) is 8.77. The van der Waals surface area contributed by atoms with Crippen molar-refractivity contribution in [2.75, 3.05) is 26.2 Å². The fraction of sp³-hybridized carbons (Fsp3) is 0.818. The molecule has 0 saturated heterocycles. The topological polar surface area (TPSA) is 29.3 Å². The molecule has 0 aromatic heterocycles. The largest absolute Gasteiger partial charge is 0.580 e. The summed E-state index contributed by atoms with van der Waals surface area (Å²) in [6.07, 6.45) is -4.87. The van der Waals surface area contributed by atoms with Gasteiger partial charge in [-0.1, -0.05) is 18.2 Å². The number of carbonyl (C=O) groups is 1. The van der Waals surface area contributed by atoms with E-state index >= 15 is 0 Å². The first-order valence-corrected chi connectivity index (χ1v) is 6.22. The van der Waals surface area contributed by atoms with Gasteiger partial charge in [0, 0.05) is 6.42 Å². The molecule has 0 spiro atoms. The van der Waals surface area contributed by atoms with Gasteiger partial charge in [0.15, 0.2) is 13.1 Å². The van der Waals surface area contributed by atoms with Crippen molar-refractivity contribution in [3.05, 3.63) is 0 Å². The number of amidine groups is 1. The van der Waals surface area contributed by atoms with Crippen LogP contribution in [-0.4, -0.2) is 53.6 Å². The van der Waals surface area contributed by atoms with Gasteiger partial charge in [-0.05, 0) is 11.1 Å². The number of hydrogen-bond donors (Lipinski definition) is 0. The van der Waals surface area contributed by atoms with Crippen molar-refractivity contribution < 1.29 is 36.4 Å². The molecule has 0 bridgehead atoms. The smallest absolute Gasteiger partial charge is 0.253 e. The van der Waals surface area contributed by atoms with Gasteiger partial charge in [-0.2, -0.15) is 13.2 Å². The fourth-order valence-electron chi connectivity index (χ4n) is 2.10. The summed E-state index contributed by atoms with van der Waals surface area (Å²) >= 11 is 0. The van der Waals surface area contributed by atoms with Crippen LogP contribution in [0.25, 0.3) is 0 Å². The molecule has 1 rings (SSSR count). The molecule has 19 heavy (non-hydrogen) atoms. The quantitative estimate of drug-likeness (QED) is 0.335. The predicted octanol–water partition coefficient (Wildman–Crippen LogP) is 2.00. The number of carbonyl (C=O) groups excluding carboxylic acids is 1. The van der Waals surface area contributed by atoms with Crippen LogP contribution in [0.1, 0.15) is 26.7 Å². The molecule has 4 nitrogen and oxygen atoms in total. The number of alkyl halides is 3. The van der Waals surface area contributed by atoms with Crippen molar-refractivity contribution in [2.45, 2.75) is 32.9 Å². The van der Waals surface area contributed by atoms with E-state index in [2.05, 4.69) is 4.84 Å². The minimum absolute atomic E-state index is 0.00148. The van der Waals surface area contributed by atoms with Crippen LogP contribution >= 0.6 is 0 Å². The third-order valence-corrected chi connectivity index (χ3v) is 2.90.